The molecule has 0 fully saturated rings. The molecule has 1 unspecified atom stereocenters. The van der Waals surface area contributed by atoms with Crippen LogP contribution in [0, 0.1) is 6.92 Å². The van der Waals surface area contributed by atoms with Crippen molar-refractivity contribution in [2.24, 2.45) is 5.73 Å². The fraction of sp³-hybridized carbons (Fsp3) is 0.222. The van der Waals surface area contributed by atoms with Crippen LogP contribution in [-0.4, -0.2) is 27.7 Å². The first kappa shape index (κ1) is 15.2. The lowest BCUT2D eigenvalue weighted by Gasteiger charge is -2.14. The van der Waals surface area contributed by atoms with Crippen molar-refractivity contribution in [3.05, 3.63) is 48.0 Å². The Bertz CT molecular complexity index is 825. The van der Waals surface area contributed by atoms with E-state index in [1.165, 1.54) is 0 Å². The van der Waals surface area contributed by atoms with Crippen LogP contribution in [0.4, 0.5) is 5.82 Å². The molecule has 2 aromatic carbocycles. The predicted molar refractivity (Wildman–Crippen MR) is 93.5 cm³/mol. The first-order chi connectivity index (χ1) is 11.1. The van der Waals surface area contributed by atoms with Gasteiger partial charge in [-0.1, -0.05) is 24.3 Å². The standard InChI is InChI=1S/C18H20N4O/c1-11-6-5-9-15(23)16(11)18-21-14-8-4-3-7-13(14)17(22-18)20-10-12(2)19/h3-9,12,23H,10,19H2,1-2H3,(H,20,21,22). The number of phenols is 1. The van der Waals surface area contributed by atoms with Crippen LogP contribution in [0.2, 0.25) is 0 Å². The van der Waals surface area contributed by atoms with E-state index in [4.69, 9.17) is 5.73 Å². The summed E-state index contributed by atoms with van der Waals surface area (Å²) in [6.45, 7) is 4.48. The van der Waals surface area contributed by atoms with Crippen LogP contribution >= 0.6 is 0 Å². The number of fused-ring (bicyclic) bond motifs is 1. The minimum atomic E-state index is 0.0130. The van der Waals surface area contributed by atoms with Crippen LogP contribution in [0.5, 0.6) is 5.75 Å². The van der Waals surface area contributed by atoms with Crippen molar-refractivity contribution in [1.82, 2.24) is 9.97 Å². The Labute approximate surface area is 135 Å². The van der Waals surface area contributed by atoms with E-state index >= 15 is 0 Å². The highest BCUT2D eigenvalue weighted by atomic mass is 16.3. The molecule has 3 aromatic rings. The topological polar surface area (TPSA) is 84.1 Å². The molecule has 1 heterocycles. The van der Waals surface area contributed by atoms with Gasteiger partial charge in [0.05, 0.1) is 11.1 Å². The van der Waals surface area contributed by atoms with Gasteiger partial charge >= 0.3 is 0 Å². The Balaban J connectivity index is 2.18. The van der Waals surface area contributed by atoms with E-state index in [9.17, 15) is 5.11 Å². The Kier molecular flexibility index (Phi) is 4.12. The zero-order valence-electron chi connectivity index (χ0n) is 13.2. The van der Waals surface area contributed by atoms with Crippen molar-refractivity contribution in [2.45, 2.75) is 19.9 Å². The highest BCUT2D eigenvalue weighted by molar-refractivity contribution is 5.91. The number of rotatable bonds is 4. The monoisotopic (exact) mass is 308 g/mol. The summed E-state index contributed by atoms with van der Waals surface area (Å²) in [5.74, 6) is 1.41. The maximum absolute atomic E-state index is 10.2. The molecule has 0 aliphatic carbocycles. The fourth-order valence-electron chi connectivity index (χ4n) is 2.52. The molecule has 0 spiro atoms. The summed E-state index contributed by atoms with van der Waals surface area (Å²) < 4.78 is 0. The number of anilines is 1. The predicted octanol–water partition coefficient (Wildman–Crippen LogP) is 3.07. The summed E-state index contributed by atoms with van der Waals surface area (Å²) in [7, 11) is 0. The van der Waals surface area contributed by atoms with Crippen molar-refractivity contribution in [3.8, 4) is 17.1 Å². The maximum Gasteiger partial charge on any atom is 0.166 e. The van der Waals surface area contributed by atoms with Crippen molar-refractivity contribution in [2.75, 3.05) is 11.9 Å². The number of aromatic nitrogens is 2. The van der Waals surface area contributed by atoms with E-state index in [0.717, 1.165) is 22.3 Å². The van der Waals surface area contributed by atoms with E-state index in [1.54, 1.807) is 6.07 Å². The summed E-state index contributed by atoms with van der Waals surface area (Å²) >= 11 is 0. The van der Waals surface area contributed by atoms with E-state index in [-0.39, 0.29) is 11.8 Å². The molecular weight excluding hydrogens is 288 g/mol. The van der Waals surface area contributed by atoms with Gasteiger partial charge in [-0.3, -0.25) is 0 Å². The van der Waals surface area contributed by atoms with Crippen LogP contribution in [-0.2, 0) is 0 Å². The van der Waals surface area contributed by atoms with Gasteiger partial charge in [0.1, 0.15) is 11.6 Å². The summed E-state index contributed by atoms with van der Waals surface area (Å²) in [6.07, 6.45) is 0. The molecule has 5 nitrogen and oxygen atoms in total. The largest absolute Gasteiger partial charge is 0.507 e. The van der Waals surface area contributed by atoms with Crippen molar-refractivity contribution >= 4 is 16.7 Å². The van der Waals surface area contributed by atoms with Crippen LogP contribution in [0.25, 0.3) is 22.3 Å². The molecule has 0 aliphatic rings. The van der Waals surface area contributed by atoms with Crippen LogP contribution in [0.1, 0.15) is 12.5 Å². The number of benzene rings is 2. The molecule has 1 aromatic heterocycles. The number of para-hydroxylation sites is 1. The van der Waals surface area contributed by atoms with Gasteiger partial charge in [-0.05, 0) is 37.6 Å². The molecular formula is C18H20N4O. The molecule has 118 valence electrons. The number of hydrogen-bond acceptors (Lipinski definition) is 5. The Morgan fingerprint density at radius 1 is 1.13 bits per heavy atom. The van der Waals surface area contributed by atoms with Crippen molar-refractivity contribution < 1.29 is 5.11 Å². The fourth-order valence-corrected chi connectivity index (χ4v) is 2.52. The zero-order chi connectivity index (χ0) is 16.4. The summed E-state index contributed by atoms with van der Waals surface area (Å²) in [6, 6.07) is 13.2. The SMILES string of the molecule is Cc1cccc(O)c1-c1nc(NCC(C)N)c2ccccc2n1. The number of nitrogens with one attached hydrogen (secondary N) is 1. The van der Waals surface area contributed by atoms with E-state index in [0.29, 0.717) is 17.9 Å². The molecule has 4 N–H and O–H groups in total. The minimum absolute atomic E-state index is 0.0130. The molecule has 3 rings (SSSR count). The second-order valence-corrected chi connectivity index (χ2v) is 5.74. The van der Waals surface area contributed by atoms with Gasteiger partial charge in [-0.15, -0.1) is 0 Å². The molecule has 23 heavy (non-hydrogen) atoms. The molecule has 0 saturated heterocycles. The highest BCUT2D eigenvalue weighted by Crippen LogP contribution is 2.32. The molecule has 0 radical (unpaired) electrons. The smallest absolute Gasteiger partial charge is 0.166 e. The van der Waals surface area contributed by atoms with Gasteiger partial charge in [0.15, 0.2) is 5.82 Å². The second-order valence-electron chi connectivity index (χ2n) is 5.74. The third-order valence-electron chi connectivity index (χ3n) is 3.67. The molecule has 0 amide bonds. The quantitative estimate of drug-likeness (QED) is 0.690. The average molecular weight is 308 g/mol. The number of nitrogens with two attached hydrogens (primary N) is 1. The van der Waals surface area contributed by atoms with Crippen LogP contribution in [0.3, 0.4) is 0 Å². The third-order valence-corrected chi connectivity index (χ3v) is 3.67. The lowest BCUT2D eigenvalue weighted by molar-refractivity contribution is 0.476. The summed E-state index contributed by atoms with van der Waals surface area (Å²) in [5.41, 5.74) is 8.25. The van der Waals surface area contributed by atoms with Crippen LogP contribution < -0.4 is 11.1 Å². The molecule has 1 atom stereocenters. The van der Waals surface area contributed by atoms with Gasteiger partial charge in [-0.25, -0.2) is 9.97 Å². The average Bonchev–Trinajstić information content (AvgIpc) is 2.52. The van der Waals surface area contributed by atoms with E-state index in [1.807, 2.05) is 50.2 Å². The maximum atomic E-state index is 10.2. The van der Waals surface area contributed by atoms with Crippen molar-refractivity contribution in [3.63, 3.8) is 0 Å². The van der Waals surface area contributed by atoms with E-state index in [2.05, 4.69) is 15.3 Å². The van der Waals surface area contributed by atoms with Gasteiger partial charge in [0.25, 0.3) is 0 Å². The highest BCUT2D eigenvalue weighted by Gasteiger charge is 2.14. The number of nitrogens with zero attached hydrogens (tertiary/aromatic N) is 2. The lowest BCUT2D eigenvalue weighted by Crippen LogP contribution is -2.25. The van der Waals surface area contributed by atoms with Gasteiger partial charge in [0.2, 0.25) is 0 Å². The summed E-state index contributed by atoms with van der Waals surface area (Å²) in [5, 5.41) is 14.4. The number of phenolic OH excluding ortho intramolecular Hbond substituents is 1. The van der Waals surface area contributed by atoms with Gasteiger partial charge < -0.3 is 16.2 Å². The third kappa shape index (κ3) is 3.10. The van der Waals surface area contributed by atoms with E-state index < -0.39 is 0 Å². The normalized spacial score (nSPS) is 12.3. The zero-order valence-corrected chi connectivity index (χ0v) is 13.2. The number of hydrogen-bond donors (Lipinski definition) is 3. The van der Waals surface area contributed by atoms with Gasteiger partial charge in [0, 0.05) is 18.0 Å². The lowest BCUT2D eigenvalue weighted by atomic mass is 10.1. The van der Waals surface area contributed by atoms with Crippen LogP contribution in [0.15, 0.2) is 42.5 Å². The Morgan fingerprint density at radius 2 is 1.91 bits per heavy atom. The Hall–Kier alpha value is -2.66. The first-order valence-electron chi connectivity index (χ1n) is 7.61. The number of aromatic hydroxyl groups is 1. The molecule has 0 bridgehead atoms. The minimum Gasteiger partial charge on any atom is -0.507 e. The first-order valence-corrected chi connectivity index (χ1v) is 7.61. The molecule has 0 aliphatic heterocycles. The summed E-state index contributed by atoms with van der Waals surface area (Å²) in [4.78, 5) is 9.24. The van der Waals surface area contributed by atoms with Gasteiger partial charge in [-0.2, -0.15) is 0 Å². The Morgan fingerprint density at radius 3 is 2.65 bits per heavy atom. The van der Waals surface area contributed by atoms with Crippen molar-refractivity contribution in [1.29, 1.82) is 0 Å². The molecule has 0 saturated carbocycles. The second kappa shape index (κ2) is 6.22. The number of aryl methyl sites for hydroxylation is 1. The molecule has 5 heteroatoms.